The number of aldehydes is 1. The molecule has 0 radical (unpaired) electrons. The summed E-state index contributed by atoms with van der Waals surface area (Å²) >= 11 is 5.96. The number of aromatic amines is 1. The number of hydrogen-bond donors (Lipinski definition) is 2. The zero-order valence-electron chi connectivity index (χ0n) is 7.20. The van der Waals surface area contributed by atoms with Gasteiger partial charge >= 0.3 is 0 Å². The van der Waals surface area contributed by atoms with Gasteiger partial charge in [-0.2, -0.15) is 0 Å². The van der Waals surface area contributed by atoms with E-state index in [1.54, 1.807) is 18.3 Å². The van der Waals surface area contributed by atoms with Gasteiger partial charge in [0.05, 0.1) is 5.02 Å². The number of carbonyl (C=O) groups excluding carboxylic acids is 1. The molecule has 4 heteroatoms. The Kier molecular flexibility index (Phi) is 2.27. The Bertz CT molecular complexity index is 478. The highest BCUT2D eigenvalue weighted by molar-refractivity contribution is 6.35. The van der Waals surface area contributed by atoms with Crippen molar-refractivity contribution in [2.24, 2.45) is 0 Å². The molecule has 2 aromatic rings. The first-order valence-electron chi connectivity index (χ1n) is 4.13. The summed E-state index contributed by atoms with van der Waals surface area (Å²) in [5, 5.41) is 10.6. The van der Waals surface area contributed by atoms with Gasteiger partial charge in [0.15, 0.2) is 6.29 Å². The van der Waals surface area contributed by atoms with Crippen molar-refractivity contribution in [3.05, 3.63) is 35.0 Å². The Morgan fingerprint density at radius 2 is 2.29 bits per heavy atom. The molecule has 1 heterocycles. The lowest BCUT2D eigenvalue weighted by molar-refractivity contribution is -0.115. The van der Waals surface area contributed by atoms with Gasteiger partial charge in [-0.05, 0) is 12.1 Å². The van der Waals surface area contributed by atoms with Crippen LogP contribution in [0.25, 0.3) is 10.9 Å². The minimum Gasteiger partial charge on any atom is -0.381 e. The van der Waals surface area contributed by atoms with Crippen LogP contribution in [0.3, 0.4) is 0 Å². The number of H-pyrrole nitrogens is 1. The van der Waals surface area contributed by atoms with Crippen molar-refractivity contribution >= 4 is 28.8 Å². The van der Waals surface area contributed by atoms with E-state index >= 15 is 0 Å². The molecule has 0 saturated heterocycles. The minimum atomic E-state index is -1.12. The van der Waals surface area contributed by atoms with Crippen LogP contribution < -0.4 is 0 Å². The molecule has 1 atom stereocenters. The van der Waals surface area contributed by atoms with E-state index in [1.807, 2.05) is 6.07 Å². The first-order valence-corrected chi connectivity index (χ1v) is 4.50. The first kappa shape index (κ1) is 9.24. The Balaban J connectivity index is 2.72. The maximum Gasteiger partial charge on any atom is 0.153 e. The van der Waals surface area contributed by atoms with Crippen LogP contribution in [0.1, 0.15) is 11.7 Å². The van der Waals surface area contributed by atoms with Crippen molar-refractivity contribution in [1.82, 2.24) is 4.98 Å². The van der Waals surface area contributed by atoms with Crippen LogP contribution in [0.5, 0.6) is 0 Å². The molecule has 0 aliphatic rings. The molecule has 0 bridgehead atoms. The molecule has 0 amide bonds. The van der Waals surface area contributed by atoms with Gasteiger partial charge in [-0.1, -0.05) is 17.7 Å². The number of nitrogens with one attached hydrogen (secondary N) is 1. The van der Waals surface area contributed by atoms with Gasteiger partial charge in [-0.3, -0.25) is 0 Å². The molecular formula is C10H8ClNO2. The average molecular weight is 210 g/mol. The van der Waals surface area contributed by atoms with Crippen LogP contribution in [-0.2, 0) is 4.79 Å². The molecule has 72 valence electrons. The van der Waals surface area contributed by atoms with Crippen molar-refractivity contribution < 1.29 is 9.90 Å². The van der Waals surface area contributed by atoms with E-state index in [-0.39, 0.29) is 0 Å². The number of aromatic nitrogens is 1. The fourth-order valence-electron chi connectivity index (χ4n) is 1.47. The lowest BCUT2D eigenvalue weighted by atomic mass is 10.1. The second kappa shape index (κ2) is 3.44. The molecule has 0 spiro atoms. The van der Waals surface area contributed by atoms with Crippen molar-refractivity contribution in [3.8, 4) is 0 Å². The Hall–Kier alpha value is -1.32. The summed E-state index contributed by atoms with van der Waals surface area (Å²) in [6.07, 6.45) is 0.949. The van der Waals surface area contributed by atoms with Crippen LogP contribution in [-0.4, -0.2) is 16.4 Å². The molecule has 3 nitrogen and oxygen atoms in total. The maximum atomic E-state index is 10.5. The average Bonchev–Trinajstić information content (AvgIpc) is 2.62. The number of fused-ring (bicyclic) bond motifs is 1. The normalized spacial score (nSPS) is 13.0. The number of aliphatic hydroxyl groups excluding tert-OH is 1. The molecule has 14 heavy (non-hydrogen) atoms. The smallest absolute Gasteiger partial charge is 0.153 e. The molecule has 2 rings (SSSR count). The van der Waals surface area contributed by atoms with Crippen molar-refractivity contribution in [2.45, 2.75) is 6.10 Å². The van der Waals surface area contributed by atoms with Crippen molar-refractivity contribution in [3.63, 3.8) is 0 Å². The zero-order valence-corrected chi connectivity index (χ0v) is 7.95. The summed E-state index contributed by atoms with van der Waals surface area (Å²) in [5.74, 6) is 0. The molecule has 1 aromatic carbocycles. The van der Waals surface area contributed by atoms with E-state index in [4.69, 9.17) is 11.6 Å². The van der Waals surface area contributed by atoms with Crippen LogP contribution in [0.2, 0.25) is 5.02 Å². The summed E-state index contributed by atoms with van der Waals surface area (Å²) in [6, 6.07) is 5.36. The minimum absolute atomic E-state index is 0.478. The number of rotatable bonds is 2. The largest absolute Gasteiger partial charge is 0.381 e. The van der Waals surface area contributed by atoms with E-state index in [2.05, 4.69) is 4.98 Å². The van der Waals surface area contributed by atoms with Crippen molar-refractivity contribution in [2.75, 3.05) is 0 Å². The van der Waals surface area contributed by atoms with Gasteiger partial charge in [0.25, 0.3) is 0 Å². The molecule has 0 saturated carbocycles. The highest BCUT2D eigenvalue weighted by atomic mass is 35.5. The summed E-state index contributed by atoms with van der Waals surface area (Å²) in [5.41, 5.74) is 1.33. The number of halogens is 1. The summed E-state index contributed by atoms with van der Waals surface area (Å²) in [7, 11) is 0. The van der Waals surface area contributed by atoms with Gasteiger partial charge < -0.3 is 14.9 Å². The zero-order chi connectivity index (χ0) is 10.1. The highest BCUT2D eigenvalue weighted by Gasteiger charge is 2.13. The maximum absolute atomic E-state index is 10.5. The topological polar surface area (TPSA) is 53.1 Å². The summed E-state index contributed by atoms with van der Waals surface area (Å²) in [6.45, 7) is 0. The molecule has 1 aromatic heterocycles. The third-order valence-electron chi connectivity index (χ3n) is 2.13. The molecular weight excluding hydrogens is 202 g/mol. The monoisotopic (exact) mass is 209 g/mol. The lowest BCUT2D eigenvalue weighted by Gasteiger charge is -2.01. The Morgan fingerprint density at radius 1 is 1.50 bits per heavy atom. The second-order valence-electron chi connectivity index (χ2n) is 2.99. The lowest BCUT2D eigenvalue weighted by Crippen LogP contribution is -1.96. The SMILES string of the molecule is O=CC(O)c1c[nH]c2cccc(Cl)c12. The number of benzene rings is 1. The van der Waals surface area contributed by atoms with E-state index in [9.17, 15) is 9.90 Å². The van der Waals surface area contributed by atoms with E-state index in [0.29, 0.717) is 22.3 Å². The molecule has 0 fully saturated rings. The summed E-state index contributed by atoms with van der Waals surface area (Å²) in [4.78, 5) is 13.4. The van der Waals surface area contributed by atoms with E-state index < -0.39 is 6.10 Å². The molecule has 2 N–H and O–H groups in total. The van der Waals surface area contributed by atoms with Crippen LogP contribution in [0.15, 0.2) is 24.4 Å². The Labute approximate surface area is 85.3 Å². The summed E-state index contributed by atoms with van der Waals surface area (Å²) < 4.78 is 0. The fourth-order valence-corrected chi connectivity index (χ4v) is 1.76. The van der Waals surface area contributed by atoms with Gasteiger partial charge in [0.2, 0.25) is 0 Å². The number of carbonyl (C=O) groups is 1. The van der Waals surface area contributed by atoms with Gasteiger partial charge in [-0.25, -0.2) is 0 Å². The van der Waals surface area contributed by atoms with Gasteiger partial charge in [-0.15, -0.1) is 0 Å². The molecule has 0 aliphatic carbocycles. The van der Waals surface area contributed by atoms with E-state index in [0.717, 1.165) is 5.52 Å². The highest BCUT2D eigenvalue weighted by Crippen LogP contribution is 2.29. The number of hydrogen-bond acceptors (Lipinski definition) is 2. The Morgan fingerprint density at radius 3 is 3.00 bits per heavy atom. The van der Waals surface area contributed by atoms with Gasteiger partial charge in [0, 0.05) is 22.7 Å². The van der Waals surface area contributed by atoms with Crippen LogP contribution >= 0.6 is 11.6 Å². The van der Waals surface area contributed by atoms with Crippen LogP contribution in [0, 0.1) is 0 Å². The predicted molar refractivity (Wildman–Crippen MR) is 54.3 cm³/mol. The second-order valence-corrected chi connectivity index (χ2v) is 3.39. The number of aliphatic hydroxyl groups is 1. The third-order valence-corrected chi connectivity index (χ3v) is 2.45. The third kappa shape index (κ3) is 1.31. The first-order chi connectivity index (χ1) is 6.74. The van der Waals surface area contributed by atoms with Crippen LogP contribution in [0.4, 0.5) is 0 Å². The van der Waals surface area contributed by atoms with Crippen molar-refractivity contribution in [1.29, 1.82) is 0 Å². The quantitative estimate of drug-likeness (QED) is 0.744. The molecule has 1 unspecified atom stereocenters. The van der Waals surface area contributed by atoms with Gasteiger partial charge in [0.1, 0.15) is 6.10 Å². The van der Waals surface area contributed by atoms with E-state index in [1.165, 1.54) is 0 Å². The fraction of sp³-hybridized carbons (Fsp3) is 0.100. The molecule has 0 aliphatic heterocycles. The predicted octanol–water partition coefficient (Wildman–Crippen LogP) is 2.05. The standard InChI is InChI=1S/C10H8ClNO2/c11-7-2-1-3-8-10(7)6(4-12-8)9(14)5-13/h1-5,9,12,14H.